The molecular weight excluding hydrogens is 3610 g/mol. The predicted octanol–water partition coefficient (Wildman–Crippen LogP) is 67.7. The van der Waals surface area contributed by atoms with E-state index in [0.29, 0.717) is 0 Å². The van der Waals surface area contributed by atoms with E-state index in [0.717, 1.165) is 7.96 Å². The first-order valence-electron chi connectivity index (χ1n) is 26.2. The maximum absolute atomic E-state index is 3.93. The molecule has 0 aromatic carbocycles. The Hall–Kier alpha value is 50.0. The summed E-state index contributed by atoms with van der Waals surface area (Å²) in [5, 5.41) is 0. The molecule has 1 radical (unpaired) electrons. The summed E-state index contributed by atoms with van der Waals surface area (Å²) in [4.78, 5) is 0. The van der Waals surface area contributed by atoms with E-state index in [1.807, 2.05) is 0 Å². The molecule has 116 heavy (non-hydrogen) atoms. The van der Waals surface area contributed by atoms with E-state index in [-0.39, 0.29) is 25.5 Å². The van der Waals surface area contributed by atoms with Gasteiger partial charge in [0.2, 0.25) is 0 Å². The zero-order valence-corrected chi connectivity index (χ0v) is 179. The van der Waals surface area contributed by atoms with Gasteiger partial charge in [-0.2, -0.15) is 0 Å². The summed E-state index contributed by atoms with van der Waals surface area (Å²) >= 11 is 0. The topological polar surface area (TPSA) is 0 Å². The van der Waals surface area contributed by atoms with Gasteiger partial charge in [-0.25, -0.2) is 0 Å². The quantitative estimate of drug-likeness (QED) is 0.0533. The van der Waals surface area contributed by atoms with Crippen LogP contribution in [0.15, 0.2) is 0 Å². The molecule has 0 nitrogen and oxygen atoms in total. The van der Waals surface area contributed by atoms with Crippen molar-refractivity contribution in [2.24, 2.45) is 0 Å². The summed E-state index contributed by atoms with van der Waals surface area (Å²) in [6.45, 7) is -26.3. The molecule has 0 aliphatic carbocycles. The van der Waals surface area contributed by atoms with Crippen molar-refractivity contribution in [3.05, 3.63) is 0 Å². The third-order valence-corrected chi connectivity index (χ3v) is 827. The van der Waals surface area contributed by atoms with Gasteiger partial charge in [0.15, 0.2) is 0 Å². The van der Waals surface area contributed by atoms with Gasteiger partial charge in [-0.05, 0) is 399 Å². The zero-order valence-electron chi connectivity index (χ0n) is 59.5. The van der Waals surface area contributed by atoms with Gasteiger partial charge in [0.25, 0.3) is 0 Å². The molecule has 0 rings (SSSR count). The Balaban J connectivity index is 0. The van der Waals surface area contributed by atoms with E-state index in [1.54, 1.807) is 0 Å². The SMILES string of the molecule is PP(P)P(P(P)P)P(P(P)P)P(P(PP(P(P(P(P(P)P)P(P)P)P(P(P)P)P(P)P)P(P(P(P)P)P(P)P)P(P(P)P)P(P)P)P(P(P(P(P)P)P(P)P)P(P(P)P)P(P)P)P(P(P(P)P)P(P)P)P(P(P)P)P(P)P)P(P(P(P(P)P)P(P)P)P(P(P)P)P(P)P)P(P(P(P)P)P(P)P)P(P(P)P)P(P)P)P(P(P)P)P(P)P.[V]. The summed E-state index contributed by atoms with van der Waals surface area (Å²) in [5.74, 6) is 0. The minimum atomic E-state index is -0.672. The molecule has 0 bridgehead atoms. The van der Waals surface area contributed by atoms with Gasteiger partial charge < -0.3 is 0 Å². The molecule has 697 valence electrons. The molecule has 0 heterocycles. The number of rotatable bonds is 56. The first-order chi connectivity index (χ1) is 52.3. The van der Waals surface area contributed by atoms with Crippen LogP contribution in [0, 0.1) is 0 Å². The number of hydrogen-bond acceptors (Lipinski definition) is 0. The summed E-state index contributed by atoms with van der Waals surface area (Å²) < 4.78 is 0. The fourth-order valence-corrected chi connectivity index (χ4v) is 1720. The van der Waals surface area contributed by atoms with Crippen molar-refractivity contribution >= 4 is 917 Å². The molecule has 0 fully saturated rings. The third kappa shape index (κ3) is 59.8. The summed E-state index contributed by atoms with van der Waals surface area (Å²) in [6.07, 6.45) is 0. The molecule has 0 saturated heterocycles. The smallest absolute Gasteiger partial charge is 0 e. The van der Waals surface area contributed by atoms with E-state index in [2.05, 4.69) is 518 Å². The largest absolute Gasteiger partial charge is 0.102 e. The second kappa shape index (κ2) is 92.6. The van der Waals surface area contributed by atoms with Crippen molar-refractivity contribution < 1.29 is 18.6 Å². The normalized spacial score (nSPS) is 15.4. The van der Waals surface area contributed by atoms with Crippen LogP contribution in [0.4, 0.5) is 0 Å². The Labute approximate surface area is 919 Å². The van der Waals surface area contributed by atoms with Crippen molar-refractivity contribution in [1.29, 1.82) is 0 Å². The average Bonchev–Trinajstić information content (AvgIpc) is 0.723. The third-order valence-electron chi connectivity index (χ3n) is 10.2. The molecule has 0 N–H and O–H groups in total. The molecule has 0 saturated carbocycles. The summed E-state index contributed by atoms with van der Waals surface area (Å²) in [5.41, 5.74) is 0. The van der Waals surface area contributed by atoms with Gasteiger partial charge in [-0.3, -0.25) is 0 Å². The molecule has 116 heteroatoms. The molecule has 62 atom stereocenters. The van der Waals surface area contributed by atoms with Crippen LogP contribution in [0.2, 0.25) is 0 Å². The van der Waals surface area contributed by atoms with Crippen molar-refractivity contribution in [2.75, 3.05) is 0 Å². The first-order valence-corrected chi connectivity index (χ1v) is 236. The fraction of sp³-hybridized carbons (Fsp3) is 0. The molecule has 0 aliphatic heterocycles. The Morgan fingerprint density at radius 2 is 0.138 bits per heavy atom. The maximum atomic E-state index is 3.93. The van der Waals surface area contributed by atoms with Crippen LogP contribution in [0.3, 0.4) is 0 Å². The molecule has 0 amide bonds. The van der Waals surface area contributed by atoms with E-state index in [1.165, 1.54) is 0 Å². The predicted molar refractivity (Wildman–Crippen MR) is 959 cm³/mol. The van der Waals surface area contributed by atoms with Crippen molar-refractivity contribution in [1.82, 2.24) is 0 Å². The van der Waals surface area contributed by atoms with E-state index >= 15 is 0 Å². The van der Waals surface area contributed by atoms with Gasteiger partial charge >= 0.3 is 0 Å². The fourth-order valence-electron chi connectivity index (χ4n) is 7.08. The Bertz CT molecular complexity index is 2000. The Morgan fingerprint density at radius 1 is 0.0776 bits per heavy atom. The Morgan fingerprint density at radius 3 is 0.216 bits per heavy atom. The van der Waals surface area contributed by atoms with E-state index in [9.17, 15) is 0 Å². The van der Waals surface area contributed by atoms with E-state index in [4.69, 9.17) is 0 Å². The Kier molecular flexibility index (Phi) is 134. The van der Waals surface area contributed by atoms with Gasteiger partial charge in [-0.15, -0.1) is 518 Å². The molecule has 0 aromatic heterocycles. The minimum Gasteiger partial charge on any atom is -0.102 e. The van der Waals surface area contributed by atoms with Crippen LogP contribution in [0.5, 0.6) is 0 Å². The van der Waals surface area contributed by atoms with Crippen LogP contribution in [0.25, 0.3) is 0 Å². The molecule has 0 aromatic rings. The van der Waals surface area contributed by atoms with Crippen LogP contribution in [0.1, 0.15) is 0 Å². The first kappa shape index (κ1) is 168. The van der Waals surface area contributed by atoms with Crippen LogP contribution in [-0.2, 0) is 18.6 Å². The van der Waals surface area contributed by atoms with Crippen molar-refractivity contribution in [3.63, 3.8) is 0 Å². The van der Waals surface area contributed by atoms with Gasteiger partial charge in [0.05, 0.1) is 0 Å². The second-order valence-corrected chi connectivity index (χ2v) is 497. The molecule has 0 spiro atoms. The van der Waals surface area contributed by atoms with Gasteiger partial charge in [0.1, 0.15) is 0 Å². The van der Waals surface area contributed by atoms with Crippen molar-refractivity contribution in [2.45, 2.75) is 0 Å². The zero-order chi connectivity index (χ0) is 91.0. The summed E-state index contributed by atoms with van der Waals surface area (Å²) in [7, 11) is 223. The van der Waals surface area contributed by atoms with Gasteiger partial charge in [0, 0.05) is 18.6 Å². The summed E-state index contributed by atoms with van der Waals surface area (Å²) in [6, 6.07) is 0. The van der Waals surface area contributed by atoms with E-state index < -0.39 is 384 Å². The average molecular weight is 3730 g/mol. The second-order valence-electron chi connectivity index (χ2n) is 18.4. The van der Waals surface area contributed by atoms with Crippen LogP contribution >= 0.6 is 917 Å². The van der Waals surface area contributed by atoms with Crippen molar-refractivity contribution in [3.8, 4) is 0 Å². The van der Waals surface area contributed by atoms with Crippen LogP contribution in [-0.4, -0.2) is 0 Å². The molecule has 0 aliphatic rings. The molecule has 62 unspecified atom stereocenters. The molecular formula is H117P115V. The standard InChI is InChI=1S/H117P115.V/c1-60(2)91(61(3)4)105(88(57)58)106(92(62(5)6)63(7)8)89(107(110(93(64(9)10)65(11)12)94(66(13)14)67(15)16)111(95(68(17)18)69(19)20)96(70(21)22)71(23)24)59-90(108(112(97(72(25)26)73(27)28)98(74(29)30)75(31)32)113(99(76(33)34)77(35)36)100(78(37)38)79(39)40)109(114(101(80(41)42)81(43)44)102(82(45)46)83(47)48)115(103(84(49)50)85(51)52)104(86(53)54)87(55)56;/h59H,1-58H2;. The monoisotopic (exact) mass is 3730 g/mol. The minimum absolute atomic E-state index is 0. The van der Waals surface area contributed by atoms with Gasteiger partial charge in [-0.1, -0.05) is 0 Å². The maximum Gasteiger partial charge on any atom is 0 e. The van der Waals surface area contributed by atoms with Crippen LogP contribution < -0.4 is 0 Å². The number of hydrogen-bond donors (Lipinski definition) is 0.